The first-order chi connectivity index (χ1) is 14.3. The first-order valence-electron chi connectivity index (χ1n) is 13.0. The van der Waals surface area contributed by atoms with Gasteiger partial charge in [-0.05, 0) is 53.1 Å². The van der Waals surface area contributed by atoms with Gasteiger partial charge in [0.25, 0.3) is 0 Å². The van der Waals surface area contributed by atoms with E-state index in [1.807, 2.05) is 20.8 Å². The van der Waals surface area contributed by atoms with Crippen molar-refractivity contribution >= 4 is 5.97 Å². The maximum absolute atomic E-state index is 13.2. The molecule has 180 valence electrons. The van der Waals surface area contributed by atoms with Crippen molar-refractivity contribution in [1.82, 2.24) is 5.32 Å². The summed E-state index contributed by atoms with van der Waals surface area (Å²) < 4.78 is 5.83. The second-order valence-corrected chi connectivity index (χ2v) is 10.0. The quantitative estimate of drug-likeness (QED) is 0.164. The lowest BCUT2D eigenvalue weighted by Gasteiger charge is -2.35. The van der Waals surface area contributed by atoms with Crippen molar-refractivity contribution in [3.05, 3.63) is 0 Å². The van der Waals surface area contributed by atoms with E-state index >= 15 is 0 Å². The first-order valence-corrected chi connectivity index (χ1v) is 13.0. The summed E-state index contributed by atoms with van der Waals surface area (Å²) in [6.07, 6.45) is 19.1. The Bertz CT molecular complexity index is 406. The van der Waals surface area contributed by atoms with Crippen LogP contribution in [0.1, 0.15) is 137 Å². The highest BCUT2D eigenvalue weighted by molar-refractivity contribution is 5.81. The molecule has 1 atom stereocenters. The van der Waals surface area contributed by atoms with Gasteiger partial charge in [0.1, 0.15) is 11.1 Å². The number of esters is 1. The average molecular weight is 427 g/mol. The summed E-state index contributed by atoms with van der Waals surface area (Å²) in [5, 5.41) is 3.62. The number of rotatable bonds is 20. The van der Waals surface area contributed by atoms with Crippen LogP contribution in [0, 0.1) is 0 Å². The van der Waals surface area contributed by atoms with Crippen LogP contribution in [-0.2, 0) is 9.53 Å². The van der Waals surface area contributed by atoms with Gasteiger partial charge in [0.15, 0.2) is 0 Å². The Morgan fingerprint density at radius 1 is 0.733 bits per heavy atom. The van der Waals surface area contributed by atoms with Gasteiger partial charge in [-0.1, -0.05) is 97.3 Å². The SMILES string of the molecule is CCCCCCCCCCNC(CCN)(CCCCCCCC)C(=O)OC(C)(C)C. The highest BCUT2D eigenvalue weighted by Gasteiger charge is 2.40. The minimum absolute atomic E-state index is 0.117. The zero-order valence-electron chi connectivity index (χ0n) is 21.1. The lowest BCUT2D eigenvalue weighted by atomic mass is 9.87. The summed E-state index contributed by atoms with van der Waals surface area (Å²) >= 11 is 0. The van der Waals surface area contributed by atoms with Gasteiger partial charge >= 0.3 is 5.97 Å². The van der Waals surface area contributed by atoms with E-state index in [0.29, 0.717) is 13.0 Å². The monoisotopic (exact) mass is 426 g/mol. The fraction of sp³-hybridized carbons (Fsp3) is 0.962. The maximum Gasteiger partial charge on any atom is 0.326 e. The number of nitrogens with two attached hydrogens (primary N) is 1. The largest absolute Gasteiger partial charge is 0.459 e. The molecule has 1 unspecified atom stereocenters. The van der Waals surface area contributed by atoms with Crippen LogP contribution in [0.3, 0.4) is 0 Å². The normalized spacial score (nSPS) is 13.9. The second-order valence-electron chi connectivity index (χ2n) is 10.0. The molecule has 0 radical (unpaired) electrons. The highest BCUT2D eigenvalue weighted by atomic mass is 16.6. The van der Waals surface area contributed by atoms with Gasteiger partial charge in [-0.3, -0.25) is 4.79 Å². The maximum atomic E-state index is 13.2. The lowest BCUT2D eigenvalue weighted by Crippen LogP contribution is -2.55. The molecule has 0 aromatic heterocycles. The number of hydrogen-bond acceptors (Lipinski definition) is 4. The minimum atomic E-state index is -0.631. The average Bonchev–Trinajstić information content (AvgIpc) is 2.67. The van der Waals surface area contributed by atoms with Crippen LogP contribution in [0.4, 0.5) is 0 Å². The van der Waals surface area contributed by atoms with E-state index in [1.54, 1.807) is 0 Å². The van der Waals surface area contributed by atoms with Crippen molar-refractivity contribution < 1.29 is 9.53 Å². The van der Waals surface area contributed by atoms with Gasteiger partial charge in [0.2, 0.25) is 0 Å². The Morgan fingerprint density at radius 3 is 1.67 bits per heavy atom. The van der Waals surface area contributed by atoms with E-state index in [1.165, 1.54) is 77.0 Å². The Labute approximate surface area is 188 Å². The molecule has 0 spiro atoms. The molecule has 0 aromatic rings. The smallest absolute Gasteiger partial charge is 0.326 e. The number of unbranched alkanes of at least 4 members (excludes halogenated alkanes) is 12. The Kier molecular flexibility index (Phi) is 17.6. The molecule has 0 aromatic carbocycles. The standard InChI is InChI=1S/C26H54N2O2/c1-6-8-10-12-14-15-17-19-23-28-26(21-22-27,24(29)30-25(3,4)5)20-18-16-13-11-9-7-2/h28H,6-23,27H2,1-5H3. The molecular weight excluding hydrogens is 372 g/mol. The molecule has 30 heavy (non-hydrogen) atoms. The van der Waals surface area contributed by atoms with Crippen molar-refractivity contribution in [1.29, 1.82) is 0 Å². The van der Waals surface area contributed by atoms with Gasteiger partial charge in [-0.25, -0.2) is 0 Å². The van der Waals surface area contributed by atoms with E-state index in [2.05, 4.69) is 19.2 Å². The number of nitrogens with one attached hydrogen (secondary N) is 1. The lowest BCUT2D eigenvalue weighted by molar-refractivity contribution is -0.164. The zero-order valence-corrected chi connectivity index (χ0v) is 21.1. The third-order valence-electron chi connectivity index (χ3n) is 5.81. The van der Waals surface area contributed by atoms with Gasteiger partial charge in [-0.2, -0.15) is 0 Å². The molecule has 0 aliphatic heterocycles. The van der Waals surface area contributed by atoms with E-state index in [0.717, 1.165) is 25.8 Å². The van der Waals surface area contributed by atoms with Crippen LogP contribution < -0.4 is 11.1 Å². The number of carbonyl (C=O) groups is 1. The molecule has 0 saturated carbocycles. The van der Waals surface area contributed by atoms with Gasteiger partial charge in [0, 0.05) is 0 Å². The van der Waals surface area contributed by atoms with Crippen LogP contribution in [0.25, 0.3) is 0 Å². The van der Waals surface area contributed by atoms with Crippen molar-refractivity contribution in [2.45, 2.75) is 148 Å². The summed E-state index contributed by atoms with van der Waals surface area (Å²) in [4.78, 5) is 13.2. The van der Waals surface area contributed by atoms with Crippen LogP contribution in [-0.4, -0.2) is 30.2 Å². The van der Waals surface area contributed by atoms with Crippen molar-refractivity contribution in [3.63, 3.8) is 0 Å². The Hall–Kier alpha value is -0.610. The second kappa shape index (κ2) is 18.0. The van der Waals surface area contributed by atoms with E-state index < -0.39 is 11.1 Å². The predicted molar refractivity (Wildman–Crippen MR) is 131 cm³/mol. The molecule has 0 bridgehead atoms. The van der Waals surface area contributed by atoms with Crippen LogP contribution >= 0.6 is 0 Å². The molecular formula is C26H54N2O2. The van der Waals surface area contributed by atoms with Crippen molar-refractivity contribution in [3.8, 4) is 0 Å². The molecule has 0 rings (SSSR count). The van der Waals surface area contributed by atoms with Crippen molar-refractivity contribution in [2.75, 3.05) is 13.1 Å². The molecule has 0 aliphatic carbocycles. The third kappa shape index (κ3) is 15.2. The van der Waals surface area contributed by atoms with Crippen molar-refractivity contribution in [2.24, 2.45) is 5.73 Å². The topological polar surface area (TPSA) is 64.3 Å². The molecule has 4 nitrogen and oxygen atoms in total. The number of ether oxygens (including phenoxy) is 1. The first kappa shape index (κ1) is 29.4. The zero-order chi connectivity index (χ0) is 22.7. The third-order valence-corrected chi connectivity index (χ3v) is 5.81. The van der Waals surface area contributed by atoms with Crippen LogP contribution in [0.15, 0.2) is 0 Å². The molecule has 0 heterocycles. The number of carbonyl (C=O) groups excluding carboxylic acids is 1. The molecule has 0 aliphatic rings. The summed E-state index contributed by atoms with van der Waals surface area (Å²) in [7, 11) is 0. The minimum Gasteiger partial charge on any atom is -0.459 e. The van der Waals surface area contributed by atoms with Crippen LogP contribution in [0.2, 0.25) is 0 Å². The fourth-order valence-electron chi connectivity index (χ4n) is 3.99. The van der Waals surface area contributed by atoms with Gasteiger partial charge in [-0.15, -0.1) is 0 Å². The molecule has 4 heteroatoms. The summed E-state index contributed by atoms with van der Waals surface area (Å²) in [6.45, 7) is 11.7. The van der Waals surface area contributed by atoms with Gasteiger partial charge in [0.05, 0.1) is 0 Å². The van der Waals surface area contributed by atoms with E-state index in [4.69, 9.17) is 10.5 Å². The molecule has 3 N–H and O–H groups in total. The Balaban J connectivity index is 4.63. The van der Waals surface area contributed by atoms with Gasteiger partial charge < -0.3 is 15.8 Å². The molecule has 0 fully saturated rings. The highest BCUT2D eigenvalue weighted by Crippen LogP contribution is 2.25. The van der Waals surface area contributed by atoms with Crippen LogP contribution in [0.5, 0.6) is 0 Å². The molecule has 0 amide bonds. The fourth-order valence-corrected chi connectivity index (χ4v) is 3.99. The van der Waals surface area contributed by atoms with E-state index in [-0.39, 0.29) is 5.97 Å². The summed E-state index contributed by atoms with van der Waals surface area (Å²) in [5.74, 6) is -0.117. The van der Waals surface area contributed by atoms with E-state index in [9.17, 15) is 4.79 Å². The molecule has 0 saturated heterocycles. The predicted octanol–water partition coefficient (Wildman–Crippen LogP) is 6.90. The summed E-state index contributed by atoms with van der Waals surface area (Å²) in [5.41, 5.74) is 4.84. The summed E-state index contributed by atoms with van der Waals surface area (Å²) in [6, 6.07) is 0. The number of hydrogen-bond donors (Lipinski definition) is 2. The Morgan fingerprint density at radius 2 is 1.20 bits per heavy atom.